The van der Waals surface area contributed by atoms with Crippen LogP contribution in [0.5, 0.6) is 0 Å². The zero-order valence-electron chi connectivity index (χ0n) is 18.2. The fraction of sp³-hybridized carbons (Fsp3) is 0.429. The molecule has 2 aromatic heterocycles. The van der Waals surface area contributed by atoms with E-state index in [1.54, 1.807) is 20.8 Å². The molecule has 176 valence electrons. The number of hydrogen-bond acceptors (Lipinski definition) is 7. The summed E-state index contributed by atoms with van der Waals surface area (Å²) in [5.41, 5.74) is 4.79. The third-order valence-corrected chi connectivity index (χ3v) is 10.4. The molecular formula is C21H23Cl2FN6O2S. The number of halogens is 3. The second-order valence-electron chi connectivity index (χ2n) is 8.67. The number of amidine groups is 1. The molecule has 0 aliphatic carbocycles. The molecule has 0 radical (unpaired) electrons. The van der Waals surface area contributed by atoms with Crippen LogP contribution in [-0.4, -0.2) is 42.5 Å². The highest BCUT2D eigenvalue weighted by molar-refractivity contribution is 7.96. The zero-order chi connectivity index (χ0) is 24.2. The molecule has 0 saturated heterocycles. The van der Waals surface area contributed by atoms with Crippen LogP contribution >= 0.6 is 23.2 Å². The van der Waals surface area contributed by atoms with Crippen molar-refractivity contribution in [3.8, 4) is 0 Å². The Balaban J connectivity index is 1.78. The van der Waals surface area contributed by atoms with E-state index in [2.05, 4.69) is 24.6 Å². The number of amides is 1. The molecule has 12 heteroatoms. The van der Waals surface area contributed by atoms with E-state index >= 15 is 4.39 Å². The molecule has 0 saturated carbocycles. The van der Waals surface area contributed by atoms with Crippen molar-refractivity contribution < 1.29 is 13.4 Å². The Morgan fingerprint density at radius 3 is 2.73 bits per heavy atom. The van der Waals surface area contributed by atoms with Crippen molar-refractivity contribution in [2.24, 2.45) is 15.1 Å². The summed E-state index contributed by atoms with van der Waals surface area (Å²) in [5, 5.41) is 2.32. The minimum atomic E-state index is -2.89. The van der Waals surface area contributed by atoms with Crippen molar-refractivity contribution >= 4 is 50.5 Å². The Kier molecular flexibility index (Phi) is 5.91. The Morgan fingerprint density at radius 2 is 2.03 bits per heavy atom. The average molecular weight is 513 g/mol. The number of carbonyl (C=O) groups excluding carboxylic acids is 1. The van der Waals surface area contributed by atoms with Crippen LogP contribution in [0.4, 0.5) is 10.2 Å². The second kappa shape index (κ2) is 8.18. The molecule has 4 heterocycles. The smallest absolute Gasteiger partial charge is 0.276 e. The van der Waals surface area contributed by atoms with Gasteiger partial charge in [0.1, 0.15) is 39.1 Å². The molecule has 2 aliphatic rings. The molecule has 0 fully saturated rings. The highest BCUT2D eigenvalue weighted by Crippen LogP contribution is 2.47. The van der Waals surface area contributed by atoms with Gasteiger partial charge < -0.3 is 11.1 Å². The summed E-state index contributed by atoms with van der Waals surface area (Å²) in [5.74, 6) is -1.11. The number of nitrogens with zero attached hydrogens (tertiary/aromatic N) is 4. The molecule has 33 heavy (non-hydrogen) atoms. The van der Waals surface area contributed by atoms with Gasteiger partial charge in [-0.25, -0.2) is 22.9 Å². The predicted octanol–water partition coefficient (Wildman–Crippen LogP) is 4.17. The van der Waals surface area contributed by atoms with Crippen LogP contribution in [-0.2, 0) is 15.3 Å². The van der Waals surface area contributed by atoms with Crippen molar-refractivity contribution in [3.63, 3.8) is 0 Å². The fourth-order valence-corrected chi connectivity index (χ4v) is 7.97. The van der Waals surface area contributed by atoms with Gasteiger partial charge in [-0.2, -0.15) is 0 Å². The van der Waals surface area contributed by atoms with Crippen LogP contribution in [0.1, 0.15) is 49.8 Å². The molecule has 8 nitrogen and oxygen atoms in total. The summed E-state index contributed by atoms with van der Waals surface area (Å²) in [6.07, 6.45) is 2.51. The summed E-state index contributed by atoms with van der Waals surface area (Å²) < 4.78 is 32.7. The fourth-order valence-electron chi connectivity index (χ4n) is 4.27. The number of nitrogens with one attached hydrogen (secondary N) is 1. The summed E-state index contributed by atoms with van der Waals surface area (Å²) in [6.45, 7) is 5.61. The molecule has 0 aromatic carbocycles. The van der Waals surface area contributed by atoms with Gasteiger partial charge in [0.15, 0.2) is 0 Å². The van der Waals surface area contributed by atoms with E-state index in [9.17, 15) is 9.00 Å². The molecule has 1 amide bonds. The van der Waals surface area contributed by atoms with Crippen LogP contribution in [0.2, 0.25) is 10.0 Å². The standard InChI is InChI=1S/C21H23Cl2FN6O2S/c1-20(2)19(25)30-21(3,14-5-4-8-27-33(14,20)32)17-13(24)6-7-15(28-17)29-18(31)16-12(23)9-11(22)10-26-16/h6-7,9-10,14H,4-5,8H2,1-3H3,(H2,25,30)(H,28,29,31)/t14-,21+,33-/m1/s1. The summed E-state index contributed by atoms with van der Waals surface area (Å²) >= 11 is 11.9. The van der Waals surface area contributed by atoms with Gasteiger partial charge in [-0.3, -0.25) is 9.79 Å². The minimum absolute atomic E-state index is 0.0586. The molecule has 4 rings (SSSR count). The Morgan fingerprint density at radius 1 is 1.30 bits per heavy atom. The first-order chi connectivity index (χ1) is 15.4. The lowest BCUT2D eigenvalue weighted by Crippen LogP contribution is -2.60. The van der Waals surface area contributed by atoms with Crippen LogP contribution in [0.25, 0.3) is 0 Å². The van der Waals surface area contributed by atoms with Gasteiger partial charge in [-0.05, 0) is 51.8 Å². The molecule has 2 aliphatic heterocycles. The molecule has 0 unspecified atom stereocenters. The highest BCUT2D eigenvalue weighted by atomic mass is 35.5. The summed E-state index contributed by atoms with van der Waals surface area (Å²) in [7, 11) is -2.89. The van der Waals surface area contributed by atoms with E-state index in [0.29, 0.717) is 19.4 Å². The number of carbonyl (C=O) groups is 1. The topological polar surface area (TPSA) is 123 Å². The number of anilines is 1. The van der Waals surface area contributed by atoms with Crippen molar-refractivity contribution in [2.75, 3.05) is 11.9 Å². The number of aromatic nitrogens is 2. The van der Waals surface area contributed by atoms with Crippen LogP contribution < -0.4 is 11.1 Å². The molecule has 0 bridgehead atoms. The number of pyridine rings is 2. The maximum Gasteiger partial charge on any atom is 0.276 e. The average Bonchev–Trinajstić information content (AvgIpc) is 2.74. The maximum atomic E-state index is 15.1. The Labute approximate surface area is 201 Å². The number of aliphatic imine (C=N–C) groups is 1. The third kappa shape index (κ3) is 3.77. The van der Waals surface area contributed by atoms with Gasteiger partial charge in [-0.1, -0.05) is 23.2 Å². The second-order valence-corrected chi connectivity index (χ2v) is 12.5. The molecule has 3 N–H and O–H groups in total. The normalized spacial score (nSPS) is 28.3. The first-order valence-corrected chi connectivity index (χ1v) is 12.6. The number of hydrogen-bond donors (Lipinski definition) is 2. The van der Waals surface area contributed by atoms with Gasteiger partial charge in [-0.15, -0.1) is 0 Å². The lowest BCUT2D eigenvalue weighted by molar-refractivity contribution is 0.102. The van der Waals surface area contributed by atoms with E-state index in [1.807, 2.05) is 0 Å². The molecular weight excluding hydrogens is 490 g/mol. The first-order valence-electron chi connectivity index (χ1n) is 10.3. The summed E-state index contributed by atoms with van der Waals surface area (Å²) in [4.78, 5) is 25.6. The van der Waals surface area contributed by atoms with Crippen molar-refractivity contribution in [1.82, 2.24) is 9.97 Å². The monoisotopic (exact) mass is 512 g/mol. The highest BCUT2D eigenvalue weighted by Gasteiger charge is 2.56. The van der Waals surface area contributed by atoms with Gasteiger partial charge in [0.25, 0.3) is 5.91 Å². The van der Waals surface area contributed by atoms with E-state index < -0.39 is 37.0 Å². The van der Waals surface area contributed by atoms with Crippen LogP contribution in [0.3, 0.4) is 0 Å². The lowest BCUT2D eigenvalue weighted by Gasteiger charge is -2.47. The SMILES string of the molecule is CC1(C)C(N)=N[C@](C)(c2nc(NC(=O)c3ncc(Cl)cc3Cl)ccc2F)[C@H]2CCCN=[S@@]21=O. The third-order valence-electron chi connectivity index (χ3n) is 6.21. The quantitative estimate of drug-likeness (QED) is 0.638. The van der Waals surface area contributed by atoms with Crippen LogP contribution in [0, 0.1) is 5.82 Å². The van der Waals surface area contributed by atoms with E-state index in [0.717, 1.165) is 0 Å². The van der Waals surface area contributed by atoms with Gasteiger partial charge >= 0.3 is 0 Å². The Bertz CT molecular complexity index is 1310. The largest absolute Gasteiger partial charge is 0.386 e. The number of nitrogens with two attached hydrogens (primary N) is 1. The first kappa shape index (κ1) is 23.8. The number of rotatable bonds is 3. The maximum absolute atomic E-state index is 15.1. The van der Waals surface area contributed by atoms with Crippen molar-refractivity contribution in [1.29, 1.82) is 0 Å². The van der Waals surface area contributed by atoms with E-state index in [4.69, 9.17) is 28.9 Å². The van der Waals surface area contributed by atoms with Gasteiger partial charge in [0, 0.05) is 12.7 Å². The Hall–Kier alpha value is -2.30. The molecule has 2 aromatic rings. The van der Waals surface area contributed by atoms with Gasteiger partial charge in [0.2, 0.25) is 0 Å². The molecule has 0 spiro atoms. The number of fused-ring (bicyclic) bond motifs is 1. The van der Waals surface area contributed by atoms with Crippen molar-refractivity contribution in [2.45, 2.75) is 49.1 Å². The van der Waals surface area contributed by atoms with E-state index in [-0.39, 0.29) is 33.1 Å². The van der Waals surface area contributed by atoms with Crippen LogP contribution in [0.15, 0.2) is 33.8 Å². The molecule has 3 atom stereocenters. The van der Waals surface area contributed by atoms with Crippen molar-refractivity contribution in [3.05, 3.63) is 51.6 Å². The lowest BCUT2D eigenvalue weighted by atomic mass is 9.89. The zero-order valence-corrected chi connectivity index (χ0v) is 20.6. The minimum Gasteiger partial charge on any atom is -0.386 e. The van der Waals surface area contributed by atoms with Gasteiger partial charge in [0.05, 0.1) is 25.0 Å². The summed E-state index contributed by atoms with van der Waals surface area (Å²) in [6, 6.07) is 3.87. The predicted molar refractivity (Wildman–Crippen MR) is 128 cm³/mol. The van der Waals surface area contributed by atoms with E-state index in [1.165, 1.54) is 24.4 Å².